The summed E-state index contributed by atoms with van der Waals surface area (Å²) >= 11 is 0. The zero-order valence-electron chi connectivity index (χ0n) is 9.85. The van der Waals surface area contributed by atoms with Gasteiger partial charge in [-0.2, -0.15) is 0 Å². The van der Waals surface area contributed by atoms with Gasteiger partial charge in [0, 0.05) is 22.2 Å². The van der Waals surface area contributed by atoms with Crippen molar-refractivity contribution in [1.29, 1.82) is 5.41 Å². The predicted molar refractivity (Wildman–Crippen MR) is 64.8 cm³/mol. The molecule has 0 aliphatic carbocycles. The molecule has 0 aliphatic heterocycles. The van der Waals surface area contributed by atoms with Crippen LogP contribution in [-0.2, 0) is 0 Å². The van der Waals surface area contributed by atoms with E-state index in [9.17, 15) is 0 Å². The normalized spacial score (nSPS) is 10.7. The van der Waals surface area contributed by atoms with Gasteiger partial charge in [0.25, 0.3) is 0 Å². The van der Waals surface area contributed by atoms with Crippen molar-refractivity contribution >= 4 is 10.8 Å². The number of aryl methyl sites for hydroxylation is 2. The lowest BCUT2D eigenvalue weighted by atomic mass is 10.2. The third kappa shape index (κ3) is 1.58. The highest BCUT2D eigenvalue weighted by Gasteiger charge is 2.09. The number of fused-ring (bicyclic) bond motifs is 1. The Morgan fingerprint density at radius 3 is 2.56 bits per heavy atom. The fourth-order valence-electron chi connectivity index (χ4n) is 2.10. The molecule has 1 aromatic heterocycles. The fraction of sp³-hybridized carbons (Fsp3) is 0.308. The van der Waals surface area contributed by atoms with Crippen LogP contribution in [0, 0.1) is 19.3 Å². The molecule has 0 saturated heterocycles. The van der Waals surface area contributed by atoms with Gasteiger partial charge in [-0.25, -0.2) is 0 Å². The van der Waals surface area contributed by atoms with Crippen LogP contribution in [-0.4, -0.2) is 11.6 Å². The first-order chi connectivity index (χ1) is 7.65. The Morgan fingerprint density at radius 2 is 1.88 bits per heavy atom. The van der Waals surface area contributed by atoms with Crippen LogP contribution in [0.4, 0.5) is 0 Å². The van der Waals surface area contributed by atoms with Crippen molar-refractivity contribution in [3.8, 4) is 5.75 Å². The molecule has 0 aliphatic rings. The van der Waals surface area contributed by atoms with E-state index in [0.717, 1.165) is 27.9 Å². The Morgan fingerprint density at radius 1 is 1.19 bits per heavy atom. The summed E-state index contributed by atoms with van der Waals surface area (Å²) in [5.41, 5.74) is 2.08. The van der Waals surface area contributed by atoms with Crippen LogP contribution in [0.15, 0.2) is 18.2 Å². The number of hydrogen-bond acceptors (Lipinski definition) is 2. The second-order valence-electron chi connectivity index (χ2n) is 3.86. The lowest BCUT2D eigenvalue weighted by Gasteiger charge is -2.02. The summed E-state index contributed by atoms with van der Waals surface area (Å²) in [5.74, 6) is 0.845. The molecule has 1 aromatic carbocycles. The topological polar surface area (TPSA) is 48.9 Å². The van der Waals surface area contributed by atoms with Crippen LogP contribution in [0.1, 0.15) is 18.3 Å². The summed E-state index contributed by atoms with van der Waals surface area (Å²) in [6.07, 6.45) is 0. The zero-order valence-corrected chi connectivity index (χ0v) is 9.85. The van der Waals surface area contributed by atoms with Gasteiger partial charge in [-0.05, 0) is 32.9 Å². The molecule has 0 atom stereocenters. The van der Waals surface area contributed by atoms with Crippen LogP contribution in [0.2, 0.25) is 0 Å². The van der Waals surface area contributed by atoms with E-state index in [0.29, 0.717) is 12.0 Å². The number of ether oxygens (including phenoxy) is 1. The molecule has 0 radical (unpaired) electrons. The molecule has 16 heavy (non-hydrogen) atoms. The molecule has 2 aromatic rings. The third-order valence-corrected chi connectivity index (χ3v) is 2.70. The maximum Gasteiger partial charge on any atom is 0.128 e. The summed E-state index contributed by atoms with van der Waals surface area (Å²) < 4.78 is 5.62. The molecule has 2 N–H and O–H groups in total. The Balaban J connectivity index is 2.95. The zero-order chi connectivity index (χ0) is 11.7. The summed E-state index contributed by atoms with van der Waals surface area (Å²) in [7, 11) is 0. The van der Waals surface area contributed by atoms with E-state index in [1.807, 2.05) is 32.9 Å². The summed E-state index contributed by atoms with van der Waals surface area (Å²) in [4.78, 5) is 3.27. The van der Waals surface area contributed by atoms with Crippen LogP contribution in [0.3, 0.4) is 0 Å². The van der Waals surface area contributed by atoms with Crippen molar-refractivity contribution in [3.63, 3.8) is 0 Å². The van der Waals surface area contributed by atoms with Crippen molar-refractivity contribution in [2.45, 2.75) is 20.8 Å². The third-order valence-electron chi connectivity index (χ3n) is 2.70. The number of aromatic nitrogens is 1. The van der Waals surface area contributed by atoms with Crippen LogP contribution in [0.5, 0.6) is 5.75 Å². The van der Waals surface area contributed by atoms with Gasteiger partial charge < -0.3 is 15.1 Å². The van der Waals surface area contributed by atoms with Gasteiger partial charge in [0.2, 0.25) is 0 Å². The van der Waals surface area contributed by atoms with Gasteiger partial charge in [0.05, 0.1) is 12.0 Å². The number of rotatable bonds is 2. The average Bonchev–Trinajstić information content (AvgIpc) is 2.42. The van der Waals surface area contributed by atoms with E-state index >= 15 is 0 Å². The monoisotopic (exact) mass is 216 g/mol. The van der Waals surface area contributed by atoms with Gasteiger partial charge in [-0.15, -0.1) is 0 Å². The molecule has 2 rings (SSSR count). The van der Waals surface area contributed by atoms with Crippen molar-refractivity contribution in [1.82, 2.24) is 4.98 Å². The van der Waals surface area contributed by atoms with Crippen LogP contribution < -0.4 is 10.1 Å². The quantitative estimate of drug-likeness (QED) is 0.796. The molecule has 84 valence electrons. The van der Waals surface area contributed by atoms with Gasteiger partial charge in [-0.3, -0.25) is 0 Å². The minimum atomic E-state index is 0.530. The molecule has 0 bridgehead atoms. The number of aromatic amines is 1. The van der Waals surface area contributed by atoms with Crippen molar-refractivity contribution < 1.29 is 4.74 Å². The Hall–Kier alpha value is -1.77. The molecule has 1 heterocycles. The molecule has 0 amide bonds. The first kappa shape index (κ1) is 10.7. The maximum atomic E-state index is 7.99. The molecule has 0 unspecified atom stereocenters. The minimum absolute atomic E-state index is 0.530. The van der Waals surface area contributed by atoms with Gasteiger partial charge in [0.15, 0.2) is 0 Å². The molecule has 0 spiro atoms. The first-order valence-electron chi connectivity index (χ1n) is 5.44. The maximum absolute atomic E-state index is 7.99. The molecular weight excluding hydrogens is 200 g/mol. The Bertz CT molecular complexity index is 584. The van der Waals surface area contributed by atoms with Crippen molar-refractivity contribution in [2.75, 3.05) is 6.61 Å². The second kappa shape index (κ2) is 4.00. The van der Waals surface area contributed by atoms with Crippen molar-refractivity contribution in [3.05, 3.63) is 34.9 Å². The summed E-state index contributed by atoms with van der Waals surface area (Å²) in [5, 5.41) is 10.5. The highest BCUT2D eigenvalue weighted by atomic mass is 16.5. The van der Waals surface area contributed by atoms with E-state index in [-0.39, 0.29) is 0 Å². The van der Waals surface area contributed by atoms with Crippen LogP contribution in [0.25, 0.3) is 10.8 Å². The number of H-pyrrole nitrogens is 1. The predicted octanol–water partition coefficient (Wildman–Crippen LogP) is 2.66. The van der Waals surface area contributed by atoms with E-state index in [4.69, 9.17) is 10.1 Å². The highest BCUT2D eigenvalue weighted by molar-refractivity contribution is 5.92. The molecule has 3 heteroatoms. The van der Waals surface area contributed by atoms with E-state index in [2.05, 4.69) is 4.98 Å². The second-order valence-corrected chi connectivity index (χ2v) is 3.86. The van der Waals surface area contributed by atoms with Gasteiger partial charge >= 0.3 is 0 Å². The largest absolute Gasteiger partial charge is 0.493 e. The van der Waals surface area contributed by atoms with E-state index in [1.165, 1.54) is 0 Å². The van der Waals surface area contributed by atoms with Crippen molar-refractivity contribution in [2.24, 2.45) is 0 Å². The lowest BCUT2D eigenvalue weighted by molar-refractivity contribution is 0.344. The van der Waals surface area contributed by atoms with Gasteiger partial charge in [-0.1, -0.05) is 6.07 Å². The molecular formula is C13H16N2O. The SMILES string of the molecule is CCOc1cccc(=N)c2c(C)[nH]c(C)c12. The summed E-state index contributed by atoms with van der Waals surface area (Å²) in [6, 6.07) is 5.58. The molecule has 0 fully saturated rings. The van der Waals surface area contributed by atoms with E-state index < -0.39 is 0 Å². The standard InChI is InChI=1S/C13H16N2O/c1-4-16-11-7-5-6-10(14)12-8(2)15-9(3)13(11)12/h5-7,14-15H,4H2,1-3H3. The minimum Gasteiger partial charge on any atom is -0.493 e. The van der Waals surface area contributed by atoms with E-state index in [1.54, 1.807) is 6.07 Å². The molecule has 3 nitrogen and oxygen atoms in total. The smallest absolute Gasteiger partial charge is 0.128 e. The molecule has 0 saturated carbocycles. The number of hydrogen-bond donors (Lipinski definition) is 2. The Labute approximate surface area is 94.6 Å². The summed E-state index contributed by atoms with van der Waals surface area (Å²) in [6.45, 7) is 6.60. The average molecular weight is 216 g/mol. The first-order valence-corrected chi connectivity index (χ1v) is 5.44. The highest BCUT2D eigenvalue weighted by Crippen LogP contribution is 2.27. The lowest BCUT2D eigenvalue weighted by Crippen LogP contribution is -1.96. The Kier molecular flexibility index (Phi) is 2.69. The number of nitrogens with one attached hydrogen (secondary N) is 2. The van der Waals surface area contributed by atoms with Gasteiger partial charge in [0.1, 0.15) is 5.75 Å². The fourth-order valence-corrected chi connectivity index (χ4v) is 2.10. The van der Waals surface area contributed by atoms with Crippen LogP contribution >= 0.6 is 0 Å².